The number of hydrogen-bond acceptors (Lipinski definition) is 3. The van der Waals surface area contributed by atoms with Gasteiger partial charge in [-0.3, -0.25) is 9.69 Å². The molecule has 5 heteroatoms. The van der Waals surface area contributed by atoms with Gasteiger partial charge in [-0.05, 0) is 43.6 Å². The number of primary amides is 1. The average Bonchev–Trinajstić information content (AvgIpc) is 2.38. The van der Waals surface area contributed by atoms with Gasteiger partial charge in [0.25, 0.3) is 0 Å². The molecule has 2 rings (SSSR count). The lowest BCUT2D eigenvalue weighted by Gasteiger charge is -2.33. The molecule has 0 atom stereocenters. The highest BCUT2D eigenvalue weighted by molar-refractivity contribution is 5.75. The lowest BCUT2D eigenvalue weighted by molar-refractivity contribution is -0.120. The van der Waals surface area contributed by atoms with Crippen LogP contribution in [0.5, 0.6) is 0 Å². The minimum absolute atomic E-state index is 0.223. The van der Waals surface area contributed by atoms with Gasteiger partial charge in [-0.2, -0.15) is 0 Å². The van der Waals surface area contributed by atoms with Crippen molar-refractivity contribution >= 4 is 5.91 Å². The molecule has 1 saturated heterocycles. The van der Waals surface area contributed by atoms with Crippen LogP contribution >= 0.6 is 0 Å². The van der Waals surface area contributed by atoms with E-state index in [4.69, 9.17) is 5.73 Å². The maximum absolute atomic E-state index is 13.2. The first-order valence-corrected chi connectivity index (χ1v) is 6.62. The molecule has 0 bridgehead atoms. The molecule has 1 aromatic rings. The van der Waals surface area contributed by atoms with Crippen LogP contribution < -0.4 is 11.1 Å². The number of rotatable bonds is 5. The summed E-state index contributed by atoms with van der Waals surface area (Å²) in [5.74, 6) is -0.586. The van der Waals surface area contributed by atoms with E-state index in [9.17, 15) is 9.18 Å². The average molecular weight is 265 g/mol. The topological polar surface area (TPSA) is 58.4 Å². The van der Waals surface area contributed by atoms with Crippen molar-refractivity contribution in [1.29, 1.82) is 0 Å². The molecular weight excluding hydrogens is 245 g/mol. The van der Waals surface area contributed by atoms with Crippen molar-refractivity contribution in [2.45, 2.75) is 25.4 Å². The normalized spacial score (nSPS) is 16.7. The van der Waals surface area contributed by atoms with Crippen molar-refractivity contribution in [3.63, 3.8) is 0 Å². The van der Waals surface area contributed by atoms with Crippen molar-refractivity contribution < 1.29 is 9.18 Å². The van der Waals surface area contributed by atoms with Crippen molar-refractivity contribution in [3.05, 3.63) is 35.6 Å². The predicted octanol–water partition coefficient (Wildman–Crippen LogP) is 0.865. The van der Waals surface area contributed by atoms with E-state index in [1.54, 1.807) is 6.07 Å². The SMILES string of the molecule is NC(=O)CN(Cc1cccc(F)c1)C1CCNCC1. The Balaban J connectivity index is 2.06. The van der Waals surface area contributed by atoms with E-state index in [-0.39, 0.29) is 18.3 Å². The number of carbonyl (C=O) groups excluding carboxylic acids is 1. The summed E-state index contributed by atoms with van der Waals surface area (Å²) < 4.78 is 13.2. The highest BCUT2D eigenvalue weighted by atomic mass is 19.1. The van der Waals surface area contributed by atoms with E-state index >= 15 is 0 Å². The van der Waals surface area contributed by atoms with Gasteiger partial charge in [-0.1, -0.05) is 12.1 Å². The van der Waals surface area contributed by atoms with Gasteiger partial charge in [0.2, 0.25) is 5.91 Å². The summed E-state index contributed by atoms with van der Waals surface area (Å²) in [6.45, 7) is 2.68. The summed E-state index contributed by atoms with van der Waals surface area (Å²) in [6.07, 6.45) is 1.98. The predicted molar refractivity (Wildman–Crippen MR) is 71.9 cm³/mol. The van der Waals surface area contributed by atoms with Crippen LogP contribution in [0, 0.1) is 5.82 Å². The third kappa shape index (κ3) is 4.29. The number of nitrogens with two attached hydrogens (primary N) is 1. The quantitative estimate of drug-likeness (QED) is 0.830. The summed E-state index contributed by atoms with van der Waals surface area (Å²) in [6, 6.07) is 6.83. The van der Waals surface area contributed by atoms with E-state index in [0.717, 1.165) is 31.5 Å². The maximum atomic E-state index is 13.2. The molecule has 0 aliphatic carbocycles. The lowest BCUT2D eigenvalue weighted by Crippen LogP contribution is -2.46. The fourth-order valence-electron chi connectivity index (χ4n) is 2.56. The van der Waals surface area contributed by atoms with Gasteiger partial charge in [0.05, 0.1) is 6.54 Å². The molecule has 1 aliphatic heterocycles. The van der Waals surface area contributed by atoms with E-state index in [1.165, 1.54) is 12.1 Å². The molecule has 1 aliphatic rings. The second kappa shape index (κ2) is 6.63. The molecule has 0 spiro atoms. The number of hydrogen-bond donors (Lipinski definition) is 2. The van der Waals surface area contributed by atoms with Crippen LogP contribution in [0.15, 0.2) is 24.3 Å². The Kier molecular flexibility index (Phi) is 4.87. The Morgan fingerprint density at radius 1 is 1.42 bits per heavy atom. The largest absolute Gasteiger partial charge is 0.369 e. The van der Waals surface area contributed by atoms with Crippen LogP contribution in [-0.2, 0) is 11.3 Å². The second-order valence-electron chi connectivity index (χ2n) is 4.98. The van der Waals surface area contributed by atoms with Gasteiger partial charge in [0, 0.05) is 12.6 Å². The molecular formula is C14H20FN3O. The second-order valence-corrected chi connectivity index (χ2v) is 4.98. The highest BCUT2D eigenvalue weighted by Gasteiger charge is 2.22. The minimum atomic E-state index is -0.338. The van der Waals surface area contributed by atoms with Crippen LogP contribution in [0.25, 0.3) is 0 Å². The zero-order valence-corrected chi connectivity index (χ0v) is 10.9. The molecule has 1 aromatic carbocycles. The number of nitrogens with one attached hydrogen (secondary N) is 1. The third-order valence-electron chi connectivity index (χ3n) is 3.46. The van der Waals surface area contributed by atoms with Crippen molar-refractivity contribution in [2.75, 3.05) is 19.6 Å². The number of halogens is 1. The zero-order chi connectivity index (χ0) is 13.7. The lowest BCUT2D eigenvalue weighted by atomic mass is 10.0. The third-order valence-corrected chi connectivity index (χ3v) is 3.46. The van der Waals surface area contributed by atoms with Gasteiger partial charge >= 0.3 is 0 Å². The highest BCUT2D eigenvalue weighted by Crippen LogP contribution is 2.16. The Morgan fingerprint density at radius 3 is 2.79 bits per heavy atom. The van der Waals surface area contributed by atoms with E-state index in [2.05, 4.69) is 10.2 Å². The molecule has 0 saturated carbocycles. The molecule has 0 aromatic heterocycles. The number of piperidine rings is 1. The van der Waals surface area contributed by atoms with E-state index in [0.29, 0.717) is 12.6 Å². The first-order chi connectivity index (χ1) is 9.15. The van der Waals surface area contributed by atoms with Gasteiger partial charge in [0.15, 0.2) is 0 Å². The first kappa shape index (κ1) is 14.0. The van der Waals surface area contributed by atoms with Gasteiger partial charge in [-0.25, -0.2) is 4.39 Å². The van der Waals surface area contributed by atoms with Crippen molar-refractivity contribution in [1.82, 2.24) is 10.2 Å². The summed E-state index contributed by atoms with van der Waals surface area (Å²) in [4.78, 5) is 13.3. The number of nitrogens with zero attached hydrogens (tertiary/aromatic N) is 1. The molecule has 19 heavy (non-hydrogen) atoms. The van der Waals surface area contributed by atoms with Crippen LogP contribution in [0.2, 0.25) is 0 Å². The standard InChI is InChI=1S/C14H20FN3O/c15-12-3-1-2-11(8-12)9-18(10-14(16)19)13-4-6-17-7-5-13/h1-3,8,13,17H,4-7,9-10H2,(H2,16,19). The minimum Gasteiger partial charge on any atom is -0.369 e. The number of amides is 1. The van der Waals surface area contributed by atoms with E-state index in [1.807, 2.05) is 6.07 Å². The van der Waals surface area contributed by atoms with Gasteiger partial charge in [0.1, 0.15) is 5.82 Å². The molecule has 4 nitrogen and oxygen atoms in total. The molecule has 1 heterocycles. The zero-order valence-electron chi connectivity index (χ0n) is 10.9. The summed E-state index contributed by atoms with van der Waals surface area (Å²) in [5.41, 5.74) is 6.19. The molecule has 0 unspecified atom stereocenters. The van der Waals surface area contributed by atoms with Gasteiger partial charge in [-0.15, -0.1) is 0 Å². The Bertz CT molecular complexity index is 432. The Morgan fingerprint density at radius 2 is 2.16 bits per heavy atom. The first-order valence-electron chi connectivity index (χ1n) is 6.62. The Labute approximate surface area is 112 Å². The molecule has 0 radical (unpaired) electrons. The summed E-state index contributed by atoms with van der Waals surface area (Å²) in [7, 11) is 0. The maximum Gasteiger partial charge on any atom is 0.231 e. The smallest absolute Gasteiger partial charge is 0.231 e. The van der Waals surface area contributed by atoms with Crippen LogP contribution in [0.4, 0.5) is 4.39 Å². The molecule has 3 N–H and O–H groups in total. The monoisotopic (exact) mass is 265 g/mol. The van der Waals surface area contributed by atoms with Crippen LogP contribution in [0.3, 0.4) is 0 Å². The fraction of sp³-hybridized carbons (Fsp3) is 0.500. The van der Waals surface area contributed by atoms with Crippen molar-refractivity contribution in [3.8, 4) is 0 Å². The van der Waals surface area contributed by atoms with E-state index < -0.39 is 0 Å². The van der Waals surface area contributed by atoms with Crippen LogP contribution in [0.1, 0.15) is 18.4 Å². The molecule has 1 fully saturated rings. The molecule has 1 amide bonds. The summed E-state index contributed by atoms with van der Waals surface area (Å²) in [5, 5.41) is 3.29. The fourth-order valence-corrected chi connectivity index (χ4v) is 2.56. The van der Waals surface area contributed by atoms with Crippen LogP contribution in [-0.4, -0.2) is 36.5 Å². The molecule has 104 valence electrons. The Hall–Kier alpha value is -1.46. The van der Waals surface area contributed by atoms with Crippen molar-refractivity contribution in [2.24, 2.45) is 5.73 Å². The van der Waals surface area contributed by atoms with Gasteiger partial charge < -0.3 is 11.1 Å². The number of carbonyl (C=O) groups is 1. The number of benzene rings is 1. The summed E-state index contributed by atoms with van der Waals surface area (Å²) >= 11 is 0.